The Morgan fingerprint density at radius 2 is 1.90 bits per heavy atom. The second-order valence-corrected chi connectivity index (χ2v) is 5.08. The maximum atomic E-state index is 12.7. The maximum absolute atomic E-state index is 12.7. The van der Waals surface area contributed by atoms with E-state index in [9.17, 15) is 4.79 Å². The van der Waals surface area contributed by atoms with E-state index in [-0.39, 0.29) is 5.91 Å². The van der Waals surface area contributed by atoms with Gasteiger partial charge in [0, 0.05) is 25.2 Å². The Morgan fingerprint density at radius 3 is 2.52 bits per heavy atom. The van der Waals surface area contributed by atoms with Gasteiger partial charge in [-0.15, -0.1) is 0 Å². The third kappa shape index (κ3) is 3.66. The number of nitrogens with zero attached hydrogens (tertiary/aromatic N) is 1. The third-order valence-electron chi connectivity index (χ3n) is 3.43. The number of rotatable bonds is 6. The van der Waals surface area contributed by atoms with Gasteiger partial charge >= 0.3 is 0 Å². The minimum absolute atomic E-state index is 0.0271. The molecule has 0 radical (unpaired) electrons. The number of anilines is 1. The first-order valence-corrected chi connectivity index (χ1v) is 7.35. The van der Waals surface area contributed by atoms with Gasteiger partial charge in [0.05, 0.1) is 11.8 Å². The van der Waals surface area contributed by atoms with Crippen LogP contribution < -0.4 is 5.73 Å². The zero-order valence-corrected chi connectivity index (χ0v) is 12.6. The van der Waals surface area contributed by atoms with Crippen molar-refractivity contribution in [2.45, 2.75) is 33.2 Å². The minimum Gasteiger partial charge on any atom is -0.469 e. The van der Waals surface area contributed by atoms with Crippen LogP contribution in [-0.2, 0) is 13.0 Å². The molecule has 1 aromatic heterocycles. The van der Waals surface area contributed by atoms with Gasteiger partial charge in [-0.1, -0.05) is 26.0 Å². The average Bonchev–Trinajstić information content (AvgIpc) is 2.96. The van der Waals surface area contributed by atoms with E-state index in [2.05, 4.69) is 6.92 Å². The zero-order valence-electron chi connectivity index (χ0n) is 12.6. The summed E-state index contributed by atoms with van der Waals surface area (Å²) in [6.45, 7) is 5.36. The number of amides is 1. The van der Waals surface area contributed by atoms with Crippen molar-refractivity contribution in [3.05, 3.63) is 53.5 Å². The van der Waals surface area contributed by atoms with Gasteiger partial charge in [0.2, 0.25) is 0 Å². The van der Waals surface area contributed by atoms with Crippen molar-refractivity contribution in [3.63, 3.8) is 0 Å². The number of hydrogen-bond donors (Lipinski definition) is 1. The fourth-order valence-corrected chi connectivity index (χ4v) is 2.34. The lowest BCUT2D eigenvalue weighted by Gasteiger charge is -2.22. The molecule has 0 saturated heterocycles. The van der Waals surface area contributed by atoms with Crippen LogP contribution in [0.5, 0.6) is 0 Å². The topological polar surface area (TPSA) is 59.5 Å². The summed E-state index contributed by atoms with van der Waals surface area (Å²) in [6, 6.07) is 9.40. The van der Waals surface area contributed by atoms with Crippen LogP contribution in [0.4, 0.5) is 5.69 Å². The van der Waals surface area contributed by atoms with Gasteiger partial charge in [-0.25, -0.2) is 0 Å². The summed E-state index contributed by atoms with van der Waals surface area (Å²) < 4.78 is 5.37. The molecule has 0 fully saturated rings. The monoisotopic (exact) mass is 286 g/mol. The normalized spacial score (nSPS) is 10.6. The van der Waals surface area contributed by atoms with Crippen molar-refractivity contribution in [2.24, 2.45) is 0 Å². The number of carbonyl (C=O) groups excluding carboxylic acids is 1. The van der Waals surface area contributed by atoms with Crippen LogP contribution in [0.2, 0.25) is 0 Å². The van der Waals surface area contributed by atoms with E-state index in [4.69, 9.17) is 10.2 Å². The highest BCUT2D eigenvalue weighted by atomic mass is 16.3. The highest BCUT2D eigenvalue weighted by Crippen LogP contribution is 2.17. The number of carbonyl (C=O) groups is 1. The molecule has 1 heterocycles. The smallest absolute Gasteiger partial charge is 0.257 e. The average molecular weight is 286 g/mol. The van der Waals surface area contributed by atoms with E-state index in [1.165, 1.54) is 0 Å². The maximum Gasteiger partial charge on any atom is 0.257 e. The Bertz CT molecular complexity index is 587. The molecule has 0 saturated carbocycles. The summed E-state index contributed by atoms with van der Waals surface area (Å²) in [5, 5.41) is 0. The number of nitrogens with two attached hydrogens (primary N) is 1. The van der Waals surface area contributed by atoms with Gasteiger partial charge in [0.1, 0.15) is 5.76 Å². The molecule has 2 N–H and O–H groups in total. The molecule has 2 rings (SSSR count). The van der Waals surface area contributed by atoms with E-state index in [1.54, 1.807) is 12.3 Å². The molecule has 0 unspecified atom stereocenters. The lowest BCUT2D eigenvalue weighted by molar-refractivity contribution is 0.0741. The molecule has 112 valence electrons. The zero-order chi connectivity index (χ0) is 15.2. The highest BCUT2D eigenvalue weighted by Gasteiger charge is 2.20. The molecule has 0 aliphatic heterocycles. The number of nitrogen functional groups attached to an aromatic ring is 1. The molecule has 0 spiro atoms. The Kier molecular flexibility index (Phi) is 5.04. The first kappa shape index (κ1) is 15.2. The lowest BCUT2D eigenvalue weighted by atomic mass is 10.1. The fourth-order valence-electron chi connectivity index (χ4n) is 2.34. The van der Waals surface area contributed by atoms with E-state index in [0.29, 0.717) is 12.1 Å². The Morgan fingerprint density at radius 1 is 1.19 bits per heavy atom. The number of benzene rings is 1. The SMILES string of the molecule is CCCN(Cc1ccc(N)cc1)C(=O)c1ccoc1CC. The Labute approximate surface area is 125 Å². The van der Waals surface area contributed by atoms with Crippen LogP contribution in [0.1, 0.15) is 41.9 Å². The van der Waals surface area contributed by atoms with Crippen LogP contribution >= 0.6 is 0 Å². The standard InChI is InChI=1S/C17H22N2O2/c1-3-10-19(12-13-5-7-14(18)8-6-13)17(20)15-9-11-21-16(15)4-2/h5-9,11H,3-4,10,12,18H2,1-2H3. The summed E-state index contributed by atoms with van der Waals surface area (Å²) in [5.41, 5.74) is 8.17. The largest absolute Gasteiger partial charge is 0.469 e. The molecule has 0 aliphatic carbocycles. The van der Waals surface area contributed by atoms with Gasteiger partial charge in [-0.2, -0.15) is 0 Å². The van der Waals surface area contributed by atoms with Crippen LogP contribution in [0, 0.1) is 0 Å². The minimum atomic E-state index is 0.0271. The van der Waals surface area contributed by atoms with E-state index in [0.717, 1.165) is 36.4 Å². The summed E-state index contributed by atoms with van der Waals surface area (Å²) in [4.78, 5) is 14.5. The molecule has 1 aromatic carbocycles. The van der Waals surface area contributed by atoms with Gasteiger partial charge in [-0.05, 0) is 30.2 Å². The van der Waals surface area contributed by atoms with Gasteiger partial charge in [0.25, 0.3) is 5.91 Å². The molecule has 0 atom stereocenters. The molecule has 4 nitrogen and oxygen atoms in total. The summed E-state index contributed by atoms with van der Waals surface area (Å²) in [6.07, 6.45) is 3.22. The van der Waals surface area contributed by atoms with E-state index >= 15 is 0 Å². The summed E-state index contributed by atoms with van der Waals surface area (Å²) in [7, 11) is 0. The van der Waals surface area contributed by atoms with E-state index < -0.39 is 0 Å². The Balaban J connectivity index is 2.18. The first-order chi connectivity index (χ1) is 10.2. The number of hydrogen-bond acceptors (Lipinski definition) is 3. The van der Waals surface area contributed by atoms with Crippen molar-refractivity contribution < 1.29 is 9.21 Å². The summed E-state index contributed by atoms with van der Waals surface area (Å²) >= 11 is 0. The second kappa shape index (κ2) is 6.97. The molecule has 21 heavy (non-hydrogen) atoms. The van der Waals surface area contributed by atoms with E-state index in [1.807, 2.05) is 36.1 Å². The van der Waals surface area contributed by atoms with Gasteiger partial charge in [0.15, 0.2) is 0 Å². The van der Waals surface area contributed by atoms with Gasteiger partial charge in [-0.3, -0.25) is 4.79 Å². The number of furan rings is 1. The van der Waals surface area contributed by atoms with Crippen LogP contribution in [-0.4, -0.2) is 17.4 Å². The molecular formula is C17H22N2O2. The van der Waals surface area contributed by atoms with Crippen LogP contribution in [0.25, 0.3) is 0 Å². The predicted molar refractivity (Wildman–Crippen MR) is 84.0 cm³/mol. The molecule has 2 aromatic rings. The van der Waals surface area contributed by atoms with Crippen LogP contribution in [0.3, 0.4) is 0 Å². The predicted octanol–water partition coefficient (Wildman–Crippen LogP) is 3.48. The van der Waals surface area contributed by atoms with Crippen LogP contribution in [0.15, 0.2) is 41.0 Å². The van der Waals surface area contributed by atoms with Crippen molar-refractivity contribution in [2.75, 3.05) is 12.3 Å². The molecule has 0 aliphatic rings. The highest BCUT2D eigenvalue weighted by molar-refractivity contribution is 5.95. The Hall–Kier alpha value is -2.23. The second-order valence-electron chi connectivity index (χ2n) is 5.08. The molecule has 0 bridgehead atoms. The van der Waals surface area contributed by atoms with Crippen molar-refractivity contribution >= 4 is 11.6 Å². The quantitative estimate of drug-likeness (QED) is 0.827. The molecule has 1 amide bonds. The van der Waals surface area contributed by atoms with Gasteiger partial charge < -0.3 is 15.1 Å². The summed E-state index contributed by atoms with van der Waals surface area (Å²) in [5.74, 6) is 0.776. The number of aryl methyl sites for hydroxylation is 1. The third-order valence-corrected chi connectivity index (χ3v) is 3.43. The van der Waals surface area contributed by atoms with Crippen molar-refractivity contribution in [1.29, 1.82) is 0 Å². The molecular weight excluding hydrogens is 264 g/mol. The lowest BCUT2D eigenvalue weighted by Crippen LogP contribution is -2.31. The fraction of sp³-hybridized carbons (Fsp3) is 0.353. The molecule has 4 heteroatoms. The van der Waals surface area contributed by atoms with Crippen molar-refractivity contribution in [3.8, 4) is 0 Å². The van der Waals surface area contributed by atoms with Crippen molar-refractivity contribution in [1.82, 2.24) is 4.90 Å². The first-order valence-electron chi connectivity index (χ1n) is 7.35.